The second-order valence-corrected chi connectivity index (χ2v) is 6.77. The summed E-state index contributed by atoms with van der Waals surface area (Å²) in [5.41, 5.74) is 3.55. The molecule has 0 unspecified atom stereocenters. The van der Waals surface area contributed by atoms with Gasteiger partial charge in [0, 0.05) is 22.0 Å². The Morgan fingerprint density at radius 1 is 0.920 bits per heavy atom. The fraction of sp³-hybridized carbons (Fsp3) is 0.143. The fourth-order valence-corrected chi connectivity index (χ4v) is 3.28. The highest BCUT2D eigenvalue weighted by atomic mass is 127. The highest BCUT2D eigenvalue weighted by molar-refractivity contribution is 14.1. The van der Waals surface area contributed by atoms with Crippen LogP contribution in [-0.4, -0.2) is 18.8 Å². The van der Waals surface area contributed by atoms with Crippen LogP contribution in [0.2, 0.25) is 0 Å². The summed E-state index contributed by atoms with van der Waals surface area (Å²) in [5, 5.41) is 0. The Balaban J connectivity index is 1.85. The summed E-state index contributed by atoms with van der Waals surface area (Å²) in [7, 11) is 3.32. The van der Waals surface area contributed by atoms with Crippen LogP contribution in [0, 0.1) is 3.57 Å². The van der Waals surface area contributed by atoms with Crippen LogP contribution >= 0.6 is 22.6 Å². The third kappa shape index (κ3) is 4.25. The van der Waals surface area contributed by atoms with E-state index in [2.05, 4.69) is 69.8 Å². The van der Waals surface area contributed by atoms with Gasteiger partial charge in [-0.05, 0) is 64.1 Å². The van der Waals surface area contributed by atoms with Gasteiger partial charge in [0.2, 0.25) is 0 Å². The molecule has 0 saturated carbocycles. The molecule has 3 nitrogen and oxygen atoms in total. The molecular formula is C21H20INO2. The fourth-order valence-electron chi connectivity index (χ4n) is 2.67. The van der Waals surface area contributed by atoms with E-state index in [1.165, 1.54) is 11.1 Å². The molecule has 0 radical (unpaired) electrons. The average Bonchev–Trinajstić information content (AvgIpc) is 3.09. The Labute approximate surface area is 162 Å². The number of ether oxygens (including phenoxy) is 2. The minimum atomic E-state index is 0.756. The number of benzene rings is 2. The maximum Gasteiger partial charge on any atom is 0.161 e. The third-order valence-electron chi connectivity index (χ3n) is 4.00. The van der Waals surface area contributed by atoms with Crippen molar-refractivity contribution < 1.29 is 9.47 Å². The van der Waals surface area contributed by atoms with E-state index in [1.54, 1.807) is 14.2 Å². The molecule has 1 aromatic heterocycles. The van der Waals surface area contributed by atoms with Gasteiger partial charge in [-0.15, -0.1) is 0 Å². The molecule has 4 heteroatoms. The zero-order chi connectivity index (χ0) is 17.6. The van der Waals surface area contributed by atoms with Crippen molar-refractivity contribution in [3.05, 3.63) is 81.2 Å². The predicted octanol–water partition coefficient (Wildman–Crippen LogP) is 5.33. The van der Waals surface area contributed by atoms with Crippen molar-refractivity contribution in [1.29, 1.82) is 0 Å². The Hall–Kier alpha value is -2.21. The molecule has 0 fully saturated rings. The third-order valence-corrected chi connectivity index (χ3v) is 5.01. The van der Waals surface area contributed by atoms with Crippen LogP contribution in [-0.2, 0) is 6.54 Å². The molecule has 0 aliphatic carbocycles. The lowest BCUT2D eigenvalue weighted by Gasteiger charge is -2.13. The van der Waals surface area contributed by atoms with E-state index in [0.29, 0.717) is 0 Å². The van der Waals surface area contributed by atoms with Crippen LogP contribution in [0.15, 0.2) is 60.8 Å². The van der Waals surface area contributed by atoms with Gasteiger partial charge in [0.1, 0.15) is 0 Å². The molecule has 0 aliphatic heterocycles. The molecule has 0 saturated heterocycles. The van der Waals surface area contributed by atoms with Crippen LogP contribution in [0.25, 0.3) is 12.2 Å². The van der Waals surface area contributed by atoms with E-state index in [0.717, 1.165) is 27.3 Å². The zero-order valence-corrected chi connectivity index (χ0v) is 16.4. The van der Waals surface area contributed by atoms with Crippen LogP contribution in [0.4, 0.5) is 0 Å². The van der Waals surface area contributed by atoms with Crippen molar-refractivity contribution >= 4 is 34.7 Å². The lowest BCUT2D eigenvalue weighted by molar-refractivity contribution is 0.354. The average molecular weight is 445 g/mol. The Kier molecular flexibility index (Phi) is 5.81. The highest BCUT2D eigenvalue weighted by Crippen LogP contribution is 2.32. The van der Waals surface area contributed by atoms with Crippen molar-refractivity contribution in [3.8, 4) is 11.5 Å². The first kappa shape index (κ1) is 17.6. The number of nitrogens with zero attached hydrogens (tertiary/aromatic N) is 1. The van der Waals surface area contributed by atoms with Crippen molar-refractivity contribution in [2.24, 2.45) is 0 Å². The molecule has 0 N–H and O–H groups in total. The van der Waals surface area contributed by atoms with Crippen LogP contribution in [0.3, 0.4) is 0 Å². The second-order valence-electron chi connectivity index (χ2n) is 5.60. The van der Waals surface area contributed by atoms with E-state index >= 15 is 0 Å². The Morgan fingerprint density at radius 3 is 2.36 bits per heavy atom. The van der Waals surface area contributed by atoms with Crippen molar-refractivity contribution in [2.75, 3.05) is 14.2 Å². The monoisotopic (exact) mass is 445 g/mol. The summed E-state index contributed by atoms with van der Waals surface area (Å²) in [6, 6.07) is 18.6. The lowest BCUT2D eigenvalue weighted by Crippen LogP contribution is -2.03. The summed E-state index contributed by atoms with van der Waals surface area (Å²) in [4.78, 5) is 0. The summed E-state index contributed by atoms with van der Waals surface area (Å²) < 4.78 is 14.2. The molecule has 1 heterocycles. The Bertz CT molecular complexity index is 869. The lowest BCUT2D eigenvalue weighted by atomic mass is 10.2. The van der Waals surface area contributed by atoms with E-state index in [9.17, 15) is 0 Å². The number of hydrogen-bond acceptors (Lipinski definition) is 2. The highest BCUT2D eigenvalue weighted by Gasteiger charge is 2.10. The number of rotatable bonds is 6. The molecule has 0 atom stereocenters. The van der Waals surface area contributed by atoms with Gasteiger partial charge in [-0.25, -0.2) is 0 Å². The van der Waals surface area contributed by atoms with Crippen LogP contribution < -0.4 is 9.47 Å². The van der Waals surface area contributed by atoms with Gasteiger partial charge in [-0.3, -0.25) is 0 Å². The smallest absolute Gasteiger partial charge is 0.161 e. The molecule has 3 aromatic rings. The van der Waals surface area contributed by atoms with Gasteiger partial charge in [0.05, 0.1) is 14.2 Å². The molecular weight excluding hydrogens is 425 g/mol. The van der Waals surface area contributed by atoms with Crippen molar-refractivity contribution in [1.82, 2.24) is 4.57 Å². The topological polar surface area (TPSA) is 23.4 Å². The normalized spacial score (nSPS) is 11.0. The van der Waals surface area contributed by atoms with E-state index in [-0.39, 0.29) is 0 Å². The minimum absolute atomic E-state index is 0.756. The van der Waals surface area contributed by atoms with Gasteiger partial charge in [0.25, 0.3) is 0 Å². The van der Waals surface area contributed by atoms with Gasteiger partial charge >= 0.3 is 0 Å². The number of hydrogen-bond donors (Lipinski definition) is 0. The number of methoxy groups -OCH3 is 2. The van der Waals surface area contributed by atoms with Gasteiger partial charge in [-0.1, -0.05) is 36.4 Å². The van der Waals surface area contributed by atoms with E-state index in [1.807, 2.05) is 30.3 Å². The van der Waals surface area contributed by atoms with E-state index in [4.69, 9.17) is 9.47 Å². The van der Waals surface area contributed by atoms with Crippen molar-refractivity contribution in [2.45, 2.75) is 6.54 Å². The SMILES string of the molecule is COc1cc(I)c(Cn2cccc2/C=C/c2ccccc2)cc1OC. The summed E-state index contributed by atoms with van der Waals surface area (Å²) in [6.07, 6.45) is 6.37. The van der Waals surface area contributed by atoms with E-state index < -0.39 is 0 Å². The molecule has 0 amide bonds. The van der Waals surface area contributed by atoms with Gasteiger partial charge < -0.3 is 14.0 Å². The Morgan fingerprint density at radius 2 is 1.64 bits per heavy atom. The summed E-state index contributed by atoms with van der Waals surface area (Å²) in [5.74, 6) is 1.51. The standard InChI is InChI=1S/C21H20INO2/c1-24-20-13-17(19(22)14-21(20)25-2)15-23-12-6-9-18(23)11-10-16-7-4-3-5-8-16/h3-14H,15H2,1-2H3/b11-10+. The van der Waals surface area contributed by atoms with Gasteiger partial charge in [-0.2, -0.15) is 0 Å². The first-order chi connectivity index (χ1) is 12.2. The number of aromatic nitrogens is 1. The number of halogens is 1. The molecule has 0 spiro atoms. The quantitative estimate of drug-likeness (QED) is 0.479. The maximum absolute atomic E-state index is 5.44. The molecule has 2 aromatic carbocycles. The summed E-state index contributed by atoms with van der Waals surface area (Å²) in [6.45, 7) is 0.778. The first-order valence-corrected chi connectivity index (χ1v) is 9.08. The molecule has 0 aliphatic rings. The van der Waals surface area contributed by atoms with Crippen molar-refractivity contribution in [3.63, 3.8) is 0 Å². The first-order valence-electron chi connectivity index (χ1n) is 8.00. The van der Waals surface area contributed by atoms with Crippen LogP contribution in [0.5, 0.6) is 11.5 Å². The largest absolute Gasteiger partial charge is 0.493 e. The van der Waals surface area contributed by atoms with Crippen LogP contribution in [0.1, 0.15) is 16.8 Å². The minimum Gasteiger partial charge on any atom is -0.493 e. The molecule has 0 bridgehead atoms. The molecule has 25 heavy (non-hydrogen) atoms. The van der Waals surface area contributed by atoms with Gasteiger partial charge in [0.15, 0.2) is 11.5 Å². The maximum atomic E-state index is 5.44. The predicted molar refractivity (Wildman–Crippen MR) is 111 cm³/mol. The molecule has 128 valence electrons. The second kappa shape index (κ2) is 8.25. The summed E-state index contributed by atoms with van der Waals surface area (Å²) >= 11 is 2.34. The zero-order valence-electron chi connectivity index (χ0n) is 14.3. The molecule has 3 rings (SSSR count).